The van der Waals surface area contributed by atoms with Gasteiger partial charge in [-0.2, -0.15) is 4.31 Å². The fourth-order valence-electron chi connectivity index (χ4n) is 4.22. The number of benzene rings is 2. The summed E-state index contributed by atoms with van der Waals surface area (Å²) in [5.74, 6) is -0.0856. The lowest BCUT2D eigenvalue weighted by Crippen LogP contribution is -2.43. The fourth-order valence-corrected chi connectivity index (χ4v) is 5.72. The number of rotatable bonds is 6. The number of aryl methyl sites for hydroxylation is 1. The van der Waals surface area contributed by atoms with Crippen molar-refractivity contribution in [3.63, 3.8) is 0 Å². The number of fused-ring (bicyclic) bond motifs is 1. The normalized spacial score (nSPS) is 19.3. The van der Waals surface area contributed by atoms with Gasteiger partial charge in [-0.1, -0.05) is 36.8 Å². The number of hydrogen-bond donors (Lipinski definition) is 2. The third kappa shape index (κ3) is 5.04. The summed E-state index contributed by atoms with van der Waals surface area (Å²) in [7, 11) is -3.75. The van der Waals surface area contributed by atoms with Gasteiger partial charge >= 0.3 is 0 Å². The molecule has 0 unspecified atom stereocenters. The summed E-state index contributed by atoms with van der Waals surface area (Å²) in [6.45, 7) is 4.85. The van der Waals surface area contributed by atoms with Crippen molar-refractivity contribution >= 4 is 27.5 Å². The first-order chi connectivity index (χ1) is 15.8. The van der Waals surface area contributed by atoms with Crippen LogP contribution in [0.2, 0.25) is 0 Å². The lowest BCUT2D eigenvalue weighted by molar-refractivity contribution is -0.126. The fraction of sp³-hybridized carbons (Fsp3) is 0.417. The average molecular weight is 472 g/mol. The van der Waals surface area contributed by atoms with E-state index in [-0.39, 0.29) is 35.7 Å². The van der Waals surface area contributed by atoms with Gasteiger partial charge in [0.05, 0.1) is 10.6 Å². The molecule has 2 heterocycles. The van der Waals surface area contributed by atoms with Gasteiger partial charge in [0.1, 0.15) is 5.75 Å². The highest BCUT2D eigenvalue weighted by molar-refractivity contribution is 7.89. The first-order valence-electron chi connectivity index (χ1n) is 11.2. The Kier molecular flexibility index (Phi) is 6.71. The smallest absolute Gasteiger partial charge is 0.265 e. The van der Waals surface area contributed by atoms with Gasteiger partial charge in [-0.3, -0.25) is 9.59 Å². The van der Waals surface area contributed by atoms with Gasteiger partial charge in [0.2, 0.25) is 15.9 Å². The van der Waals surface area contributed by atoms with Crippen LogP contribution in [0.4, 0.5) is 5.69 Å². The molecular weight excluding hydrogens is 442 g/mol. The Morgan fingerprint density at radius 2 is 1.94 bits per heavy atom. The van der Waals surface area contributed by atoms with Crippen LogP contribution < -0.4 is 15.4 Å². The summed E-state index contributed by atoms with van der Waals surface area (Å²) in [6.07, 6.45) is 0.874. The van der Waals surface area contributed by atoms with Crippen LogP contribution >= 0.6 is 0 Å². The number of hydrogen-bond acceptors (Lipinski definition) is 5. The number of carbonyl (C=O) groups is 2. The number of nitrogens with one attached hydrogen (secondary N) is 2. The zero-order valence-electron chi connectivity index (χ0n) is 18.8. The highest BCUT2D eigenvalue weighted by Crippen LogP contribution is 2.34. The number of piperidine rings is 1. The Balaban J connectivity index is 1.36. The molecule has 1 atom stereocenters. The van der Waals surface area contributed by atoms with Crippen LogP contribution in [-0.4, -0.2) is 43.7 Å². The van der Waals surface area contributed by atoms with Gasteiger partial charge < -0.3 is 15.4 Å². The van der Waals surface area contributed by atoms with Gasteiger partial charge in [-0.05, 0) is 49.9 Å². The van der Waals surface area contributed by atoms with Crippen molar-refractivity contribution < 1.29 is 22.7 Å². The molecule has 4 rings (SSSR count). The molecule has 2 aromatic carbocycles. The molecule has 2 aliphatic heterocycles. The van der Waals surface area contributed by atoms with E-state index in [1.807, 2.05) is 38.1 Å². The summed E-state index contributed by atoms with van der Waals surface area (Å²) >= 11 is 0. The first-order valence-corrected chi connectivity index (χ1v) is 12.7. The Bertz CT molecular complexity index is 1160. The van der Waals surface area contributed by atoms with E-state index in [0.29, 0.717) is 37.2 Å². The number of ether oxygens (including phenoxy) is 1. The SMILES string of the molecule is CC[C@@H]1Oc2ccc(S(=O)(=O)N3CCC(C(=O)NCc4cccc(C)c4)CC3)cc2NC1=O. The standard InChI is InChI=1S/C24H29N3O5S/c1-3-21-24(29)26-20-14-19(7-8-22(20)32-21)33(30,31)27-11-9-18(10-12-27)23(28)25-15-17-6-4-5-16(2)13-17/h4-8,13-14,18,21H,3,9-12,15H2,1-2H3,(H,25,28)(H,26,29)/t21-/m0/s1. The Morgan fingerprint density at radius 3 is 2.64 bits per heavy atom. The molecule has 2 amide bonds. The number of carbonyl (C=O) groups excluding carboxylic acids is 2. The molecule has 0 bridgehead atoms. The third-order valence-electron chi connectivity index (χ3n) is 6.15. The zero-order valence-corrected chi connectivity index (χ0v) is 19.7. The van der Waals surface area contributed by atoms with Crippen LogP contribution in [0.5, 0.6) is 5.75 Å². The lowest BCUT2D eigenvalue weighted by Gasteiger charge is -2.31. The maximum atomic E-state index is 13.2. The molecule has 0 spiro atoms. The first kappa shape index (κ1) is 23.3. The molecule has 0 aromatic heterocycles. The molecule has 8 nitrogen and oxygen atoms in total. The second kappa shape index (κ2) is 9.52. The van der Waals surface area contributed by atoms with Crippen molar-refractivity contribution in [2.75, 3.05) is 18.4 Å². The van der Waals surface area contributed by atoms with E-state index in [0.717, 1.165) is 11.1 Å². The summed E-state index contributed by atoms with van der Waals surface area (Å²) in [6, 6.07) is 12.5. The second-order valence-electron chi connectivity index (χ2n) is 8.55. The minimum atomic E-state index is -3.75. The third-order valence-corrected chi connectivity index (χ3v) is 8.05. The van der Waals surface area contributed by atoms with Crippen molar-refractivity contribution in [1.29, 1.82) is 0 Å². The molecule has 176 valence electrons. The summed E-state index contributed by atoms with van der Waals surface area (Å²) in [4.78, 5) is 24.8. The minimum Gasteiger partial charge on any atom is -0.478 e. The summed E-state index contributed by atoms with van der Waals surface area (Å²) < 4.78 is 33.4. The van der Waals surface area contributed by atoms with Crippen LogP contribution in [0.25, 0.3) is 0 Å². The predicted octanol–water partition coefficient (Wildman–Crippen LogP) is 2.82. The van der Waals surface area contributed by atoms with Crippen molar-refractivity contribution in [3.8, 4) is 5.75 Å². The number of sulfonamides is 1. The Hall–Kier alpha value is -2.91. The van der Waals surface area contributed by atoms with Crippen molar-refractivity contribution in [2.45, 2.75) is 50.7 Å². The van der Waals surface area contributed by atoms with Gasteiger partial charge in [0.25, 0.3) is 5.91 Å². The summed E-state index contributed by atoms with van der Waals surface area (Å²) in [5, 5.41) is 5.70. The van der Waals surface area contributed by atoms with Crippen LogP contribution in [0.3, 0.4) is 0 Å². The topological polar surface area (TPSA) is 105 Å². The number of anilines is 1. The second-order valence-corrected chi connectivity index (χ2v) is 10.5. The summed E-state index contributed by atoms with van der Waals surface area (Å²) in [5.41, 5.74) is 2.53. The maximum absolute atomic E-state index is 13.2. The van der Waals surface area contributed by atoms with Gasteiger partial charge in [0.15, 0.2) is 6.10 Å². The Labute approximate surface area is 194 Å². The molecule has 0 radical (unpaired) electrons. The van der Waals surface area contributed by atoms with Crippen LogP contribution in [0.1, 0.15) is 37.3 Å². The monoisotopic (exact) mass is 471 g/mol. The molecule has 33 heavy (non-hydrogen) atoms. The number of nitrogens with zero attached hydrogens (tertiary/aromatic N) is 1. The highest BCUT2D eigenvalue weighted by atomic mass is 32.2. The van der Waals surface area contributed by atoms with Crippen molar-refractivity contribution in [3.05, 3.63) is 53.6 Å². The number of amides is 2. The maximum Gasteiger partial charge on any atom is 0.265 e. The molecule has 0 aliphatic carbocycles. The molecule has 1 saturated heterocycles. The van der Waals surface area contributed by atoms with Crippen molar-refractivity contribution in [2.24, 2.45) is 5.92 Å². The van der Waals surface area contributed by atoms with Crippen LogP contribution in [0.15, 0.2) is 47.4 Å². The molecule has 2 aromatic rings. The molecule has 2 N–H and O–H groups in total. The quantitative estimate of drug-likeness (QED) is 0.674. The predicted molar refractivity (Wildman–Crippen MR) is 124 cm³/mol. The minimum absolute atomic E-state index is 0.0484. The molecule has 9 heteroatoms. The van der Waals surface area contributed by atoms with Crippen LogP contribution in [-0.2, 0) is 26.2 Å². The molecule has 0 saturated carbocycles. The van der Waals surface area contributed by atoms with E-state index in [4.69, 9.17) is 4.74 Å². The zero-order chi connectivity index (χ0) is 23.6. The average Bonchev–Trinajstić information content (AvgIpc) is 2.81. The van der Waals surface area contributed by atoms with E-state index in [9.17, 15) is 18.0 Å². The van der Waals surface area contributed by atoms with E-state index in [2.05, 4.69) is 10.6 Å². The largest absolute Gasteiger partial charge is 0.478 e. The Morgan fingerprint density at radius 1 is 1.18 bits per heavy atom. The highest BCUT2D eigenvalue weighted by Gasteiger charge is 2.33. The van der Waals surface area contributed by atoms with E-state index >= 15 is 0 Å². The molecule has 1 fully saturated rings. The molecular formula is C24H29N3O5S. The van der Waals surface area contributed by atoms with E-state index in [1.54, 1.807) is 6.07 Å². The molecule has 2 aliphatic rings. The van der Waals surface area contributed by atoms with Crippen molar-refractivity contribution in [1.82, 2.24) is 9.62 Å². The van der Waals surface area contributed by atoms with Crippen LogP contribution in [0, 0.1) is 12.8 Å². The van der Waals surface area contributed by atoms with E-state index in [1.165, 1.54) is 16.4 Å². The lowest BCUT2D eigenvalue weighted by atomic mass is 9.97. The van der Waals surface area contributed by atoms with Gasteiger partial charge in [0, 0.05) is 25.6 Å². The van der Waals surface area contributed by atoms with E-state index < -0.39 is 16.1 Å². The van der Waals surface area contributed by atoms with Gasteiger partial charge in [-0.25, -0.2) is 8.42 Å². The van der Waals surface area contributed by atoms with Gasteiger partial charge in [-0.15, -0.1) is 0 Å².